The van der Waals surface area contributed by atoms with Gasteiger partial charge < -0.3 is 5.32 Å². The minimum Gasteiger partial charge on any atom is -0.351 e. The van der Waals surface area contributed by atoms with Crippen molar-refractivity contribution < 1.29 is 13.2 Å². The van der Waals surface area contributed by atoms with Gasteiger partial charge in [-0.2, -0.15) is 16.5 Å². The predicted molar refractivity (Wildman–Crippen MR) is 111 cm³/mol. The lowest BCUT2D eigenvalue weighted by molar-refractivity contribution is -0.123. The van der Waals surface area contributed by atoms with E-state index in [-0.39, 0.29) is 26.9 Å². The third-order valence-electron chi connectivity index (χ3n) is 4.98. The molecule has 1 unspecified atom stereocenters. The molecule has 3 rings (SSSR count). The molecule has 2 saturated carbocycles. The monoisotopic (exact) mass is 450 g/mol. The van der Waals surface area contributed by atoms with Gasteiger partial charge in [-0.3, -0.25) is 4.79 Å². The average molecular weight is 451 g/mol. The summed E-state index contributed by atoms with van der Waals surface area (Å²) in [5.74, 6) is 1.50. The van der Waals surface area contributed by atoms with Gasteiger partial charge in [0.15, 0.2) is 0 Å². The first-order valence-corrected chi connectivity index (χ1v) is 12.7. The second kappa shape index (κ2) is 8.91. The van der Waals surface area contributed by atoms with E-state index in [2.05, 4.69) is 10.0 Å². The van der Waals surface area contributed by atoms with E-state index in [1.54, 1.807) is 11.8 Å². The number of rotatable bonds is 10. The van der Waals surface area contributed by atoms with Gasteiger partial charge in [0, 0.05) is 11.1 Å². The van der Waals surface area contributed by atoms with Crippen molar-refractivity contribution in [1.29, 1.82) is 0 Å². The summed E-state index contributed by atoms with van der Waals surface area (Å²) in [6, 6.07) is 3.60. The van der Waals surface area contributed by atoms with E-state index < -0.39 is 16.1 Å². The molecule has 0 radical (unpaired) electrons. The molecule has 0 saturated heterocycles. The summed E-state index contributed by atoms with van der Waals surface area (Å²) < 4.78 is 28.2. The SMILES string of the molecule is CSCCC(NS(=O)(=O)c1cc(Cl)ccc1Cl)C(=O)NC(C1CC1)C1CC1. The zero-order chi connectivity index (χ0) is 19.6. The number of nitrogens with one attached hydrogen (secondary N) is 2. The zero-order valence-corrected chi connectivity index (χ0v) is 18.2. The number of benzene rings is 1. The summed E-state index contributed by atoms with van der Waals surface area (Å²) in [6.07, 6.45) is 6.89. The topological polar surface area (TPSA) is 75.3 Å². The van der Waals surface area contributed by atoms with Crippen LogP contribution in [-0.4, -0.2) is 38.4 Å². The Morgan fingerprint density at radius 1 is 1.22 bits per heavy atom. The highest BCUT2D eigenvalue weighted by Crippen LogP contribution is 2.44. The first-order valence-electron chi connectivity index (χ1n) is 9.08. The number of carbonyl (C=O) groups excluding carboxylic acids is 1. The van der Waals surface area contributed by atoms with Crippen LogP contribution in [0.3, 0.4) is 0 Å². The summed E-state index contributed by atoms with van der Waals surface area (Å²) in [5, 5.41) is 3.46. The Labute approximate surface area is 175 Å². The van der Waals surface area contributed by atoms with Crippen LogP contribution in [0.25, 0.3) is 0 Å². The van der Waals surface area contributed by atoms with Crippen LogP contribution in [0, 0.1) is 11.8 Å². The largest absolute Gasteiger partial charge is 0.351 e. The molecule has 0 bridgehead atoms. The number of hydrogen-bond acceptors (Lipinski definition) is 4. The maximum atomic E-state index is 12.9. The van der Waals surface area contributed by atoms with E-state index in [0.717, 1.165) is 25.7 Å². The summed E-state index contributed by atoms with van der Waals surface area (Å²) >= 11 is 13.5. The third-order valence-corrected chi connectivity index (χ3v) is 7.81. The van der Waals surface area contributed by atoms with Crippen molar-refractivity contribution in [2.75, 3.05) is 12.0 Å². The van der Waals surface area contributed by atoms with Crippen molar-refractivity contribution in [2.45, 2.75) is 49.1 Å². The highest BCUT2D eigenvalue weighted by atomic mass is 35.5. The minimum atomic E-state index is -3.97. The molecule has 9 heteroatoms. The quantitative estimate of drug-likeness (QED) is 0.569. The summed E-state index contributed by atoms with van der Waals surface area (Å²) in [4.78, 5) is 12.8. The molecule has 5 nitrogen and oxygen atoms in total. The fraction of sp³-hybridized carbons (Fsp3) is 0.611. The Bertz CT molecular complexity index is 784. The van der Waals surface area contributed by atoms with Crippen LogP contribution in [0.15, 0.2) is 23.1 Å². The Hall–Kier alpha value is -0.470. The van der Waals surface area contributed by atoms with E-state index in [0.29, 0.717) is 24.0 Å². The Morgan fingerprint density at radius 3 is 2.41 bits per heavy atom. The lowest BCUT2D eigenvalue weighted by atomic mass is 10.1. The molecular weight excluding hydrogens is 427 g/mol. The van der Waals surface area contributed by atoms with Gasteiger partial charge in [0.1, 0.15) is 10.9 Å². The maximum Gasteiger partial charge on any atom is 0.242 e. The number of carbonyl (C=O) groups is 1. The molecule has 2 aliphatic rings. The number of amides is 1. The van der Waals surface area contributed by atoms with Crippen LogP contribution in [0.5, 0.6) is 0 Å². The lowest BCUT2D eigenvalue weighted by Crippen LogP contribution is -2.51. The van der Waals surface area contributed by atoms with Crippen molar-refractivity contribution in [2.24, 2.45) is 11.8 Å². The van der Waals surface area contributed by atoms with Crippen LogP contribution in [-0.2, 0) is 14.8 Å². The standard InChI is InChI=1S/C18H24Cl2N2O3S2/c1-26-9-8-15(18(23)21-17(11-2-3-11)12-4-5-12)22-27(24,25)16-10-13(19)6-7-14(16)20/h6-7,10-12,15,17,22H,2-5,8-9H2,1H3,(H,21,23). The Kier molecular flexibility index (Phi) is 7.01. The summed E-state index contributed by atoms with van der Waals surface area (Å²) in [5.41, 5.74) is 0. The lowest BCUT2D eigenvalue weighted by Gasteiger charge is -2.23. The molecule has 0 heterocycles. The zero-order valence-electron chi connectivity index (χ0n) is 15.1. The second-order valence-corrected chi connectivity index (χ2v) is 10.8. The molecule has 1 atom stereocenters. The molecule has 1 amide bonds. The number of halogens is 2. The van der Waals surface area contributed by atoms with Crippen LogP contribution in [0.2, 0.25) is 10.0 Å². The highest BCUT2D eigenvalue weighted by Gasteiger charge is 2.43. The number of hydrogen-bond donors (Lipinski definition) is 2. The maximum absolute atomic E-state index is 12.9. The molecule has 2 N–H and O–H groups in total. The molecule has 0 spiro atoms. The van der Waals surface area contributed by atoms with Crippen molar-refractivity contribution in [3.05, 3.63) is 28.2 Å². The molecule has 150 valence electrons. The van der Waals surface area contributed by atoms with Gasteiger partial charge in [-0.05, 0) is 74.1 Å². The molecule has 27 heavy (non-hydrogen) atoms. The van der Waals surface area contributed by atoms with Crippen LogP contribution >= 0.6 is 35.0 Å². The highest BCUT2D eigenvalue weighted by molar-refractivity contribution is 7.98. The van der Waals surface area contributed by atoms with E-state index in [1.165, 1.54) is 18.2 Å². The molecule has 0 aromatic heterocycles. The molecule has 2 aliphatic carbocycles. The normalized spacial score (nSPS) is 18.5. The molecular formula is C18H24Cl2N2O3S2. The van der Waals surface area contributed by atoms with Gasteiger partial charge in [0.25, 0.3) is 0 Å². The van der Waals surface area contributed by atoms with E-state index in [1.807, 2.05) is 6.26 Å². The van der Waals surface area contributed by atoms with E-state index >= 15 is 0 Å². The fourth-order valence-corrected chi connectivity index (χ4v) is 5.67. The molecule has 1 aromatic rings. The van der Waals surface area contributed by atoms with Crippen molar-refractivity contribution in [3.8, 4) is 0 Å². The van der Waals surface area contributed by atoms with Crippen LogP contribution < -0.4 is 10.0 Å². The van der Waals surface area contributed by atoms with Gasteiger partial charge >= 0.3 is 0 Å². The average Bonchev–Trinajstić information content (AvgIpc) is 3.51. The minimum absolute atomic E-state index is 0.0739. The van der Waals surface area contributed by atoms with Gasteiger partial charge in [-0.15, -0.1) is 0 Å². The summed E-state index contributed by atoms with van der Waals surface area (Å²) in [6.45, 7) is 0. The van der Waals surface area contributed by atoms with Gasteiger partial charge in [0.05, 0.1) is 5.02 Å². The van der Waals surface area contributed by atoms with E-state index in [9.17, 15) is 13.2 Å². The predicted octanol–water partition coefficient (Wildman–Crippen LogP) is 3.70. The second-order valence-electron chi connectivity index (χ2n) is 7.24. The van der Waals surface area contributed by atoms with Crippen molar-refractivity contribution in [1.82, 2.24) is 10.0 Å². The Morgan fingerprint density at radius 2 is 1.85 bits per heavy atom. The molecule has 1 aromatic carbocycles. The summed E-state index contributed by atoms with van der Waals surface area (Å²) in [7, 11) is -3.97. The van der Waals surface area contributed by atoms with E-state index in [4.69, 9.17) is 23.2 Å². The van der Waals surface area contributed by atoms with Crippen molar-refractivity contribution in [3.63, 3.8) is 0 Å². The fourth-order valence-electron chi connectivity index (χ4n) is 3.21. The van der Waals surface area contributed by atoms with Crippen LogP contribution in [0.1, 0.15) is 32.1 Å². The van der Waals surface area contributed by atoms with Gasteiger partial charge in [-0.25, -0.2) is 8.42 Å². The van der Waals surface area contributed by atoms with Gasteiger partial charge in [-0.1, -0.05) is 23.2 Å². The number of thioether (sulfide) groups is 1. The van der Waals surface area contributed by atoms with Crippen LogP contribution in [0.4, 0.5) is 0 Å². The van der Waals surface area contributed by atoms with Crippen molar-refractivity contribution >= 4 is 50.9 Å². The smallest absolute Gasteiger partial charge is 0.242 e. The first kappa shape index (κ1) is 21.2. The van der Waals surface area contributed by atoms with Gasteiger partial charge in [0.2, 0.25) is 15.9 Å². The third kappa shape index (κ3) is 5.76. The first-order chi connectivity index (χ1) is 12.8. The number of sulfonamides is 1. The molecule has 2 fully saturated rings. The molecule has 0 aliphatic heterocycles. The Balaban J connectivity index is 1.75.